The summed E-state index contributed by atoms with van der Waals surface area (Å²) in [6.07, 6.45) is 1.10. The van der Waals surface area contributed by atoms with Crippen LogP contribution in [-0.4, -0.2) is 37.8 Å². The minimum absolute atomic E-state index is 0.891. The maximum Gasteiger partial charge on any atom is 0.123 e. The Kier molecular flexibility index (Phi) is 4.83. The third kappa shape index (κ3) is 3.73. The molecule has 0 bridgehead atoms. The van der Waals surface area contributed by atoms with Crippen molar-refractivity contribution in [3.05, 3.63) is 34.7 Å². The standard InChI is InChI=1S/C16H27N5/c1-12-10-13(2)21(18-12)9-7-8-19(5)11-16-17-14(3)15(4)20(16)6/h10H,7-9,11H2,1-6H3. The quantitative estimate of drug-likeness (QED) is 0.819. The van der Waals surface area contributed by atoms with E-state index in [1.165, 1.54) is 11.4 Å². The van der Waals surface area contributed by atoms with Gasteiger partial charge in [0.05, 0.1) is 17.9 Å². The minimum atomic E-state index is 0.891. The summed E-state index contributed by atoms with van der Waals surface area (Å²) in [6.45, 7) is 11.3. The Balaban J connectivity index is 1.83. The van der Waals surface area contributed by atoms with Gasteiger partial charge in [-0.15, -0.1) is 0 Å². The topological polar surface area (TPSA) is 38.9 Å². The highest BCUT2D eigenvalue weighted by Crippen LogP contribution is 2.10. The number of hydrogen-bond acceptors (Lipinski definition) is 3. The summed E-state index contributed by atoms with van der Waals surface area (Å²) in [5.74, 6) is 1.14. The molecule has 0 aliphatic carbocycles. The number of imidazole rings is 1. The predicted molar refractivity (Wildman–Crippen MR) is 85.3 cm³/mol. The van der Waals surface area contributed by atoms with Gasteiger partial charge in [-0.25, -0.2) is 4.98 Å². The molecule has 0 aliphatic heterocycles. The van der Waals surface area contributed by atoms with Crippen LogP contribution in [0.2, 0.25) is 0 Å². The average Bonchev–Trinajstić information content (AvgIpc) is 2.85. The lowest BCUT2D eigenvalue weighted by Gasteiger charge is -2.16. The highest BCUT2D eigenvalue weighted by atomic mass is 15.3. The number of nitrogens with zero attached hydrogens (tertiary/aromatic N) is 5. The zero-order chi connectivity index (χ0) is 15.6. The van der Waals surface area contributed by atoms with E-state index in [1.54, 1.807) is 0 Å². The van der Waals surface area contributed by atoms with Crippen molar-refractivity contribution in [1.82, 2.24) is 24.2 Å². The number of hydrogen-bond donors (Lipinski definition) is 0. The van der Waals surface area contributed by atoms with Gasteiger partial charge in [-0.1, -0.05) is 0 Å². The maximum absolute atomic E-state index is 4.64. The molecule has 0 N–H and O–H groups in total. The van der Waals surface area contributed by atoms with E-state index in [0.717, 1.165) is 43.3 Å². The molecular weight excluding hydrogens is 262 g/mol. The summed E-state index contributed by atoms with van der Waals surface area (Å²) in [5.41, 5.74) is 4.72. The van der Waals surface area contributed by atoms with E-state index in [1.807, 2.05) is 6.92 Å². The monoisotopic (exact) mass is 289 g/mol. The molecule has 116 valence electrons. The van der Waals surface area contributed by atoms with E-state index in [-0.39, 0.29) is 0 Å². The summed E-state index contributed by atoms with van der Waals surface area (Å²) in [7, 11) is 4.24. The van der Waals surface area contributed by atoms with Crippen LogP contribution in [0.15, 0.2) is 6.07 Å². The molecule has 2 aromatic rings. The first-order valence-electron chi connectivity index (χ1n) is 7.57. The Hall–Kier alpha value is -1.62. The fourth-order valence-corrected chi connectivity index (χ4v) is 2.64. The van der Waals surface area contributed by atoms with E-state index in [4.69, 9.17) is 0 Å². The smallest absolute Gasteiger partial charge is 0.123 e. The molecule has 0 radical (unpaired) electrons. The SMILES string of the molecule is Cc1cc(C)n(CCCN(C)Cc2nc(C)c(C)n2C)n1. The van der Waals surface area contributed by atoms with E-state index in [9.17, 15) is 0 Å². The van der Waals surface area contributed by atoms with Gasteiger partial charge in [0.1, 0.15) is 5.82 Å². The molecule has 0 spiro atoms. The van der Waals surface area contributed by atoms with E-state index in [0.29, 0.717) is 0 Å². The first kappa shape index (κ1) is 15.8. The van der Waals surface area contributed by atoms with Crippen molar-refractivity contribution in [3.63, 3.8) is 0 Å². The molecule has 0 aromatic carbocycles. The first-order valence-corrected chi connectivity index (χ1v) is 7.57. The second-order valence-corrected chi connectivity index (χ2v) is 6.00. The molecule has 0 saturated carbocycles. The Labute approximate surface area is 127 Å². The van der Waals surface area contributed by atoms with Gasteiger partial charge in [0.2, 0.25) is 0 Å². The normalized spacial score (nSPS) is 11.6. The van der Waals surface area contributed by atoms with Crippen LogP contribution >= 0.6 is 0 Å². The van der Waals surface area contributed by atoms with Gasteiger partial charge >= 0.3 is 0 Å². The molecule has 5 nitrogen and oxygen atoms in total. The molecule has 0 aliphatic rings. The van der Waals surface area contributed by atoms with Gasteiger partial charge in [-0.05, 0) is 47.2 Å². The average molecular weight is 289 g/mol. The molecule has 0 amide bonds. The van der Waals surface area contributed by atoms with E-state index >= 15 is 0 Å². The number of rotatable bonds is 6. The van der Waals surface area contributed by atoms with Crippen molar-refractivity contribution in [1.29, 1.82) is 0 Å². The van der Waals surface area contributed by atoms with Crippen LogP contribution < -0.4 is 0 Å². The fourth-order valence-electron chi connectivity index (χ4n) is 2.64. The van der Waals surface area contributed by atoms with Gasteiger partial charge in [0, 0.05) is 31.5 Å². The molecule has 0 atom stereocenters. The fraction of sp³-hybridized carbons (Fsp3) is 0.625. The van der Waals surface area contributed by atoms with Crippen LogP contribution in [0.3, 0.4) is 0 Å². The van der Waals surface area contributed by atoms with Gasteiger partial charge in [0.25, 0.3) is 0 Å². The molecule has 2 aromatic heterocycles. The maximum atomic E-state index is 4.64. The van der Waals surface area contributed by atoms with Gasteiger partial charge in [-0.3, -0.25) is 9.58 Å². The number of aryl methyl sites for hydroxylation is 4. The highest BCUT2D eigenvalue weighted by molar-refractivity contribution is 5.13. The Morgan fingerprint density at radius 3 is 2.43 bits per heavy atom. The van der Waals surface area contributed by atoms with Crippen molar-refractivity contribution < 1.29 is 0 Å². The molecular formula is C16H27N5. The van der Waals surface area contributed by atoms with Crippen molar-refractivity contribution in [2.75, 3.05) is 13.6 Å². The summed E-state index contributed by atoms with van der Waals surface area (Å²) in [4.78, 5) is 6.96. The van der Waals surface area contributed by atoms with Crippen LogP contribution in [-0.2, 0) is 20.1 Å². The molecule has 0 fully saturated rings. The largest absolute Gasteiger partial charge is 0.334 e. The molecule has 2 heterocycles. The Morgan fingerprint density at radius 2 is 1.90 bits per heavy atom. The van der Waals surface area contributed by atoms with Crippen LogP contribution in [0.1, 0.15) is 35.0 Å². The van der Waals surface area contributed by atoms with Gasteiger partial charge < -0.3 is 4.57 Å². The third-order valence-corrected chi connectivity index (χ3v) is 4.14. The van der Waals surface area contributed by atoms with Crippen molar-refractivity contribution >= 4 is 0 Å². The van der Waals surface area contributed by atoms with E-state index in [2.05, 4.69) is 65.2 Å². The summed E-state index contributed by atoms with van der Waals surface area (Å²) < 4.78 is 4.28. The second kappa shape index (κ2) is 6.43. The Bertz CT molecular complexity index is 608. The first-order chi connectivity index (χ1) is 9.88. The van der Waals surface area contributed by atoms with Gasteiger partial charge in [0.15, 0.2) is 0 Å². The zero-order valence-electron chi connectivity index (χ0n) is 14.1. The van der Waals surface area contributed by atoms with Crippen LogP contribution in [0, 0.1) is 27.7 Å². The lowest BCUT2D eigenvalue weighted by Crippen LogP contribution is -2.22. The molecule has 2 rings (SSSR count). The predicted octanol–water partition coefficient (Wildman–Crippen LogP) is 2.37. The summed E-state index contributed by atoms with van der Waals surface area (Å²) in [6, 6.07) is 2.13. The minimum Gasteiger partial charge on any atom is -0.334 e. The summed E-state index contributed by atoms with van der Waals surface area (Å²) in [5, 5.41) is 4.50. The van der Waals surface area contributed by atoms with Crippen LogP contribution in [0.5, 0.6) is 0 Å². The molecule has 21 heavy (non-hydrogen) atoms. The zero-order valence-corrected chi connectivity index (χ0v) is 14.1. The molecule has 5 heteroatoms. The van der Waals surface area contributed by atoms with Crippen molar-refractivity contribution in [2.24, 2.45) is 7.05 Å². The number of aromatic nitrogens is 4. The van der Waals surface area contributed by atoms with Crippen LogP contribution in [0.4, 0.5) is 0 Å². The molecule has 0 unspecified atom stereocenters. The lowest BCUT2D eigenvalue weighted by atomic mass is 10.3. The van der Waals surface area contributed by atoms with Crippen LogP contribution in [0.25, 0.3) is 0 Å². The van der Waals surface area contributed by atoms with Gasteiger partial charge in [-0.2, -0.15) is 5.10 Å². The second-order valence-electron chi connectivity index (χ2n) is 6.00. The lowest BCUT2D eigenvalue weighted by molar-refractivity contribution is 0.300. The van der Waals surface area contributed by atoms with E-state index < -0.39 is 0 Å². The molecule has 0 saturated heterocycles. The highest BCUT2D eigenvalue weighted by Gasteiger charge is 2.10. The third-order valence-electron chi connectivity index (χ3n) is 4.14. The van der Waals surface area contributed by atoms with Crippen molar-refractivity contribution in [3.8, 4) is 0 Å². The van der Waals surface area contributed by atoms with Crippen molar-refractivity contribution in [2.45, 2.75) is 47.2 Å². The Morgan fingerprint density at radius 1 is 1.19 bits per heavy atom. The summed E-state index contributed by atoms with van der Waals surface area (Å²) >= 11 is 0.